The molecule has 0 atom stereocenters. The van der Waals surface area contributed by atoms with Crippen LogP contribution in [0.3, 0.4) is 0 Å². The number of carbonyl (C=O) groups excluding carboxylic acids is 1. The van der Waals surface area contributed by atoms with Crippen LogP contribution in [-0.4, -0.2) is 23.2 Å². The predicted molar refractivity (Wildman–Crippen MR) is 78.1 cm³/mol. The molecule has 0 saturated heterocycles. The molecule has 0 saturated carbocycles. The number of aromatic nitrogens is 1. The second kappa shape index (κ2) is 6.56. The summed E-state index contributed by atoms with van der Waals surface area (Å²) in [5.74, 6) is 0.319. The van der Waals surface area contributed by atoms with Crippen molar-refractivity contribution < 1.29 is 19.4 Å². The molecule has 5 nitrogen and oxygen atoms in total. The van der Waals surface area contributed by atoms with Crippen LogP contribution < -0.4 is 4.74 Å². The van der Waals surface area contributed by atoms with Gasteiger partial charge in [0.15, 0.2) is 0 Å². The molecule has 0 bridgehead atoms. The summed E-state index contributed by atoms with van der Waals surface area (Å²) in [5.41, 5.74) is 1.33. The van der Waals surface area contributed by atoms with Crippen molar-refractivity contribution in [2.45, 2.75) is 6.92 Å². The smallest absolute Gasteiger partial charge is 0.341 e. The van der Waals surface area contributed by atoms with Gasteiger partial charge >= 0.3 is 5.97 Å². The van der Waals surface area contributed by atoms with Gasteiger partial charge in [-0.1, -0.05) is 18.2 Å². The van der Waals surface area contributed by atoms with Crippen molar-refractivity contribution in [1.29, 1.82) is 0 Å². The molecular formula is C16H15NO4. The highest BCUT2D eigenvalue weighted by Crippen LogP contribution is 2.30. The number of aliphatic hydroxyl groups excluding tert-OH is 1. The number of aryl methyl sites for hydroxylation is 1. The highest BCUT2D eigenvalue weighted by Gasteiger charge is 2.17. The molecule has 2 aromatic rings. The predicted octanol–water partition coefficient (Wildman–Crippen LogP) is 3.25. The lowest BCUT2D eigenvalue weighted by atomic mass is 10.1. The first-order chi connectivity index (χ1) is 10.2. The third-order valence-corrected chi connectivity index (χ3v) is 2.82. The maximum Gasteiger partial charge on any atom is 0.341 e. The molecular weight excluding hydrogens is 270 g/mol. The molecule has 21 heavy (non-hydrogen) atoms. The van der Waals surface area contributed by atoms with Crippen molar-refractivity contribution >= 4 is 11.5 Å². The van der Waals surface area contributed by atoms with Crippen molar-refractivity contribution in [2.24, 2.45) is 0 Å². The van der Waals surface area contributed by atoms with Gasteiger partial charge < -0.3 is 14.6 Å². The zero-order chi connectivity index (χ0) is 15.2. The lowest BCUT2D eigenvalue weighted by molar-refractivity contribution is -0.133. The van der Waals surface area contributed by atoms with E-state index < -0.39 is 5.97 Å². The Morgan fingerprint density at radius 1 is 1.24 bits per heavy atom. The molecule has 0 amide bonds. The van der Waals surface area contributed by atoms with E-state index in [2.05, 4.69) is 9.72 Å². The quantitative estimate of drug-likeness (QED) is 0.530. The molecule has 0 unspecified atom stereocenters. The molecule has 0 spiro atoms. The third-order valence-electron chi connectivity index (χ3n) is 2.82. The summed E-state index contributed by atoms with van der Waals surface area (Å²) >= 11 is 0. The van der Waals surface area contributed by atoms with E-state index in [0.717, 1.165) is 5.69 Å². The number of ether oxygens (including phenoxy) is 2. The van der Waals surface area contributed by atoms with E-state index in [-0.39, 0.29) is 5.57 Å². The number of rotatable bonds is 4. The van der Waals surface area contributed by atoms with Gasteiger partial charge in [0.2, 0.25) is 0 Å². The molecule has 1 aromatic heterocycles. The molecule has 1 heterocycles. The molecule has 0 radical (unpaired) electrons. The number of pyridine rings is 1. The van der Waals surface area contributed by atoms with Gasteiger partial charge in [-0.25, -0.2) is 4.79 Å². The number of aliphatic hydroxyl groups is 1. The lowest BCUT2D eigenvalue weighted by Gasteiger charge is -2.12. The van der Waals surface area contributed by atoms with Crippen LogP contribution in [0.4, 0.5) is 0 Å². The van der Waals surface area contributed by atoms with Gasteiger partial charge in [-0.3, -0.25) is 4.98 Å². The number of hydrogen-bond donors (Lipinski definition) is 1. The van der Waals surface area contributed by atoms with Crippen LogP contribution in [0.25, 0.3) is 5.57 Å². The van der Waals surface area contributed by atoms with Crippen LogP contribution in [-0.2, 0) is 9.53 Å². The Labute approximate surface area is 122 Å². The van der Waals surface area contributed by atoms with E-state index in [1.54, 1.807) is 36.5 Å². The third kappa shape index (κ3) is 3.39. The Morgan fingerprint density at radius 2 is 2.00 bits per heavy atom. The highest BCUT2D eigenvalue weighted by molar-refractivity contribution is 6.16. The van der Waals surface area contributed by atoms with Crippen molar-refractivity contribution in [3.05, 3.63) is 60.1 Å². The number of hydrogen-bond acceptors (Lipinski definition) is 5. The fourth-order valence-corrected chi connectivity index (χ4v) is 1.76. The van der Waals surface area contributed by atoms with Gasteiger partial charge in [-0.2, -0.15) is 0 Å². The van der Waals surface area contributed by atoms with E-state index in [1.807, 2.05) is 13.0 Å². The van der Waals surface area contributed by atoms with Gasteiger partial charge in [-0.05, 0) is 25.1 Å². The van der Waals surface area contributed by atoms with E-state index >= 15 is 0 Å². The molecule has 2 rings (SSSR count). The maximum atomic E-state index is 11.7. The van der Waals surface area contributed by atoms with Crippen LogP contribution in [0.1, 0.15) is 11.3 Å². The normalized spacial score (nSPS) is 11.0. The Bertz CT molecular complexity index is 662. The molecule has 0 fully saturated rings. The molecule has 1 aromatic carbocycles. The number of nitrogens with zero attached hydrogens (tertiary/aromatic N) is 1. The van der Waals surface area contributed by atoms with Crippen molar-refractivity contribution in [2.75, 3.05) is 7.11 Å². The average molecular weight is 285 g/mol. The van der Waals surface area contributed by atoms with Crippen molar-refractivity contribution in [3.63, 3.8) is 0 Å². The number of methoxy groups -OCH3 is 1. The first kappa shape index (κ1) is 14.6. The van der Waals surface area contributed by atoms with Gasteiger partial charge in [0.1, 0.15) is 17.1 Å². The first-order valence-corrected chi connectivity index (χ1v) is 6.28. The van der Waals surface area contributed by atoms with E-state index in [4.69, 9.17) is 4.74 Å². The number of esters is 1. The minimum atomic E-state index is -0.643. The molecule has 0 aliphatic rings. The topological polar surface area (TPSA) is 68.7 Å². The van der Waals surface area contributed by atoms with E-state index in [0.29, 0.717) is 23.3 Å². The van der Waals surface area contributed by atoms with Crippen molar-refractivity contribution in [3.8, 4) is 11.5 Å². The average Bonchev–Trinajstić information content (AvgIpc) is 2.51. The lowest BCUT2D eigenvalue weighted by Crippen LogP contribution is -2.05. The van der Waals surface area contributed by atoms with Gasteiger partial charge in [0, 0.05) is 11.3 Å². The Morgan fingerprint density at radius 3 is 2.62 bits per heavy atom. The summed E-state index contributed by atoms with van der Waals surface area (Å²) in [5, 5.41) is 9.28. The molecule has 0 aliphatic carbocycles. The SMILES string of the molecule is COC(=O)C(=CO)c1ccccc1Oc1ccc(C)nc1. The van der Waals surface area contributed by atoms with Gasteiger partial charge in [0.25, 0.3) is 0 Å². The summed E-state index contributed by atoms with van der Waals surface area (Å²) in [6, 6.07) is 10.5. The largest absolute Gasteiger partial charge is 0.515 e. The highest BCUT2D eigenvalue weighted by atomic mass is 16.5. The second-order valence-corrected chi connectivity index (χ2v) is 4.27. The Kier molecular flexibility index (Phi) is 4.56. The van der Waals surface area contributed by atoms with Gasteiger partial charge in [-0.15, -0.1) is 0 Å². The van der Waals surface area contributed by atoms with Crippen LogP contribution >= 0.6 is 0 Å². The monoisotopic (exact) mass is 285 g/mol. The number of para-hydroxylation sites is 1. The van der Waals surface area contributed by atoms with Crippen LogP contribution in [0.15, 0.2) is 48.9 Å². The Balaban J connectivity index is 2.37. The summed E-state index contributed by atoms with van der Waals surface area (Å²) in [6.07, 6.45) is 2.30. The standard InChI is InChI=1S/C16H15NO4/c1-11-7-8-12(9-17-11)21-15-6-4-3-5-13(15)14(10-18)16(19)20-2/h3-10,18H,1-2H3. The van der Waals surface area contributed by atoms with E-state index in [1.165, 1.54) is 7.11 Å². The van der Waals surface area contributed by atoms with Crippen LogP contribution in [0, 0.1) is 6.92 Å². The summed E-state index contributed by atoms with van der Waals surface area (Å²) < 4.78 is 10.4. The zero-order valence-corrected chi connectivity index (χ0v) is 11.7. The Hall–Kier alpha value is -2.82. The molecule has 108 valence electrons. The van der Waals surface area contributed by atoms with Gasteiger partial charge in [0.05, 0.1) is 19.6 Å². The zero-order valence-electron chi connectivity index (χ0n) is 11.7. The first-order valence-electron chi connectivity index (χ1n) is 6.28. The minimum absolute atomic E-state index is 0.0215. The maximum absolute atomic E-state index is 11.7. The molecule has 1 N–H and O–H groups in total. The fourth-order valence-electron chi connectivity index (χ4n) is 1.76. The number of benzene rings is 1. The minimum Gasteiger partial charge on any atom is -0.515 e. The second-order valence-electron chi connectivity index (χ2n) is 4.27. The molecule has 0 aliphatic heterocycles. The summed E-state index contributed by atoms with van der Waals surface area (Å²) in [6.45, 7) is 1.88. The summed E-state index contributed by atoms with van der Waals surface area (Å²) in [7, 11) is 1.25. The van der Waals surface area contributed by atoms with Crippen LogP contribution in [0.5, 0.6) is 11.5 Å². The van der Waals surface area contributed by atoms with Crippen molar-refractivity contribution in [1.82, 2.24) is 4.98 Å². The number of carbonyl (C=O) groups is 1. The van der Waals surface area contributed by atoms with Crippen LogP contribution in [0.2, 0.25) is 0 Å². The van der Waals surface area contributed by atoms with E-state index in [9.17, 15) is 9.90 Å². The summed E-state index contributed by atoms with van der Waals surface area (Å²) in [4.78, 5) is 15.8. The fraction of sp³-hybridized carbons (Fsp3) is 0.125. The molecule has 5 heteroatoms.